The second-order valence-corrected chi connectivity index (χ2v) is 4.84. The van der Waals surface area contributed by atoms with E-state index in [1.165, 1.54) is 15.9 Å². The molecule has 0 fully saturated rings. The number of benzene rings is 1. The minimum Gasteiger partial charge on any atom is -0.265 e. The smallest absolute Gasteiger partial charge is 0.265 e. The zero-order valence-electron chi connectivity index (χ0n) is 9.44. The van der Waals surface area contributed by atoms with Crippen molar-refractivity contribution in [2.75, 3.05) is 0 Å². The number of rotatable bonds is 1. The van der Waals surface area contributed by atoms with Crippen molar-refractivity contribution >= 4 is 27.5 Å². The molecule has 8 heteroatoms. The standard InChI is InChI=1S/C11H6N6OS/c18-10-7-8(14-16-13-7)12-11-17(10)15-9(19-11)6-4-2-1-3-5-6/h1-5H,(H,13,14,16). The maximum Gasteiger partial charge on any atom is 0.305 e. The molecule has 0 aliphatic heterocycles. The average molecular weight is 270 g/mol. The highest BCUT2D eigenvalue weighted by Gasteiger charge is 2.13. The molecule has 3 aromatic heterocycles. The summed E-state index contributed by atoms with van der Waals surface area (Å²) in [6.45, 7) is 0. The van der Waals surface area contributed by atoms with Crippen LogP contribution in [-0.2, 0) is 0 Å². The van der Waals surface area contributed by atoms with E-state index < -0.39 is 0 Å². The molecule has 3 heterocycles. The molecule has 92 valence electrons. The van der Waals surface area contributed by atoms with Gasteiger partial charge in [-0.25, -0.2) is 0 Å². The molecule has 0 bridgehead atoms. The van der Waals surface area contributed by atoms with E-state index in [4.69, 9.17) is 0 Å². The molecule has 4 rings (SSSR count). The molecule has 0 saturated heterocycles. The first kappa shape index (κ1) is 10.3. The van der Waals surface area contributed by atoms with Crippen molar-refractivity contribution in [3.63, 3.8) is 0 Å². The van der Waals surface area contributed by atoms with Crippen LogP contribution in [0.25, 0.3) is 26.7 Å². The molecule has 0 spiro atoms. The van der Waals surface area contributed by atoms with Crippen molar-refractivity contribution in [2.45, 2.75) is 0 Å². The van der Waals surface area contributed by atoms with Crippen LogP contribution in [-0.4, -0.2) is 30.0 Å². The lowest BCUT2D eigenvalue weighted by Crippen LogP contribution is -2.15. The van der Waals surface area contributed by atoms with Gasteiger partial charge >= 0.3 is 5.56 Å². The van der Waals surface area contributed by atoms with Gasteiger partial charge in [-0.3, -0.25) is 4.79 Å². The summed E-state index contributed by atoms with van der Waals surface area (Å²) in [5, 5.41) is 15.0. The van der Waals surface area contributed by atoms with E-state index in [1.807, 2.05) is 30.3 Å². The summed E-state index contributed by atoms with van der Waals surface area (Å²) in [5.74, 6) is 0. The molecular formula is C11H6N6OS. The minimum absolute atomic E-state index is 0.197. The first-order valence-electron chi connectivity index (χ1n) is 5.49. The number of hydrogen-bond acceptors (Lipinski definition) is 6. The highest BCUT2D eigenvalue weighted by molar-refractivity contribution is 7.19. The number of hydrogen-bond donors (Lipinski definition) is 1. The van der Waals surface area contributed by atoms with E-state index in [9.17, 15) is 4.79 Å². The second-order valence-electron chi connectivity index (χ2n) is 3.88. The normalized spacial score (nSPS) is 11.4. The molecule has 0 aliphatic rings. The average Bonchev–Trinajstić information content (AvgIpc) is 3.06. The Morgan fingerprint density at radius 3 is 2.84 bits per heavy atom. The second kappa shape index (κ2) is 3.69. The van der Waals surface area contributed by atoms with E-state index in [0.717, 1.165) is 10.6 Å². The topological polar surface area (TPSA) is 88.8 Å². The van der Waals surface area contributed by atoms with Gasteiger partial charge in [0.15, 0.2) is 5.52 Å². The molecule has 19 heavy (non-hydrogen) atoms. The van der Waals surface area contributed by atoms with Crippen LogP contribution >= 0.6 is 11.3 Å². The Balaban J connectivity index is 2.07. The fraction of sp³-hybridized carbons (Fsp3) is 0. The van der Waals surface area contributed by atoms with Gasteiger partial charge in [0.05, 0.1) is 0 Å². The van der Waals surface area contributed by atoms with Crippen LogP contribution in [0.3, 0.4) is 0 Å². The fourth-order valence-electron chi connectivity index (χ4n) is 1.82. The van der Waals surface area contributed by atoms with Crippen LogP contribution in [0.2, 0.25) is 0 Å². The third kappa shape index (κ3) is 1.47. The number of fused-ring (bicyclic) bond motifs is 2. The maximum absolute atomic E-state index is 12.1. The molecule has 1 aromatic carbocycles. The number of nitrogens with zero attached hydrogens (tertiary/aromatic N) is 5. The summed E-state index contributed by atoms with van der Waals surface area (Å²) in [5.41, 5.74) is 1.15. The summed E-state index contributed by atoms with van der Waals surface area (Å²) in [6.07, 6.45) is 0. The third-order valence-electron chi connectivity index (χ3n) is 2.71. The molecule has 0 radical (unpaired) electrons. The van der Waals surface area contributed by atoms with Crippen molar-refractivity contribution in [3.05, 3.63) is 40.7 Å². The van der Waals surface area contributed by atoms with E-state index in [1.54, 1.807) is 0 Å². The van der Waals surface area contributed by atoms with Gasteiger partial charge in [-0.05, 0) is 0 Å². The van der Waals surface area contributed by atoms with E-state index in [2.05, 4.69) is 25.5 Å². The summed E-state index contributed by atoms with van der Waals surface area (Å²) in [4.78, 5) is 16.9. The lowest BCUT2D eigenvalue weighted by atomic mass is 10.2. The van der Waals surface area contributed by atoms with Gasteiger partial charge in [0.2, 0.25) is 10.6 Å². The Morgan fingerprint density at radius 2 is 2.00 bits per heavy atom. The highest BCUT2D eigenvalue weighted by Crippen LogP contribution is 2.24. The monoisotopic (exact) mass is 270 g/mol. The van der Waals surface area contributed by atoms with Crippen LogP contribution in [0.5, 0.6) is 0 Å². The fourth-order valence-corrected chi connectivity index (χ4v) is 2.71. The molecule has 4 aromatic rings. The molecular weight excluding hydrogens is 264 g/mol. The van der Waals surface area contributed by atoms with E-state index in [-0.39, 0.29) is 11.1 Å². The van der Waals surface area contributed by atoms with Gasteiger partial charge in [-0.1, -0.05) is 41.7 Å². The van der Waals surface area contributed by atoms with Crippen molar-refractivity contribution in [2.24, 2.45) is 0 Å². The SMILES string of the molecule is O=c1c2n[nH]nc2nc2sc(-c3ccccc3)nn12. The highest BCUT2D eigenvalue weighted by atomic mass is 32.1. The Labute approximate surface area is 109 Å². The first-order chi connectivity index (χ1) is 9.33. The van der Waals surface area contributed by atoms with Crippen LogP contribution in [0.1, 0.15) is 0 Å². The molecule has 0 unspecified atom stereocenters. The number of nitrogens with one attached hydrogen (secondary N) is 1. The molecule has 0 saturated carbocycles. The quantitative estimate of drug-likeness (QED) is 0.559. The Bertz CT molecular complexity index is 938. The summed E-state index contributed by atoms with van der Waals surface area (Å²) in [6, 6.07) is 9.65. The lowest BCUT2D eigenvalue weighted by molar-refractivity contribution is 0.913. The van der Waals surface area contributed by atoms with E-state index in [0.29, 0.717) is 10.6 Å². The van der Waals surface area contributed by atoms with Crippen LogP contribution in [0.15, 0.2) is 35.1 Å². The lowest BCUT2D eigenvalue weighted by Gasteiger charge is -1.91. The molecule has 0 atom stereocenters. The van der Waals surface area contributed by atoms with Crippen molar-refractivity contribution in [3.8, 4) is 10.6 Å². The predicted octanol–water partition coefficient (Wildman–Crippen LogP) is 1.09. The Kier molecular flexibility index (Phi) is 2.00. The van der Waals surface area contributed by atoms with Crippen molar-refractivity contribution in [1.82, 2.24) is 30.0 Å². The molecule has 0 aliphatic carbocycles. The van der Waals surface area contributed by atoms with E-state index >= 15 is 0 Å². The number of aromatic nitrogens is 6. The zero-order valence-corrected chi connectivity index (χ0v) is 10.3. The minimum atomic E-state index is -0.313. The first-order valence-corrected chi connectivity index (χ1v) is 6.30. The van der Waals surface area contributed by atoms with Crippen molar-refractivity contribution < 1.29 is 0 Å². The summed E-state index contributed by atoms with van der Waals surface area (Å²) >= 11 is 1.34. The number of aromatic amines is 1. The predicted molar refractivity (Wildman–Crippen MR) is 70.0 cm³/mol. The van der Waals surface area contributed by atoms with Gasteiger partial charge in [0, 0.05) is 5.56 Å². The summed E-state index contributed by atoms with van der Waals surface area (Å²) < 4.78 is 1.26. The van der Waals surface area contributed by atoms with Crippen LogP contribution in [0, 0.1) is 0 Å². The van der Waals surface area contributed by atoms with Gasteiger partial charge in [-0.15, -0.1) is 10.2 Å². The molecule has 1 N–H and O–H groups in total. The van der Waals surface area contributed by atoms with Crippen LogP contribution in [0.4, 0.5) is 0 Å². The maximum atomic E-state index is 12.1. The number of H-pyrrole nitrogens is 1. The van der Waals surface area contributed by atoms with Gasteiger partial charge in [-0.2, -0.15) is 19.8 Å². The van der Waals surface area contributed by atoms with Crippen LogP contribution < -0.4 is 5.56 Å². The summed E-state index contributed by atoms with van der Waals surface area (Å²) in [7, 11) is 0. The third-order valence-corrected chi connectivity index (χ3v) is 3.66. The van der Waals surface area contributed by atoms with Gasteiger partial charge in [0.1, 0.15) is 5.01 Å². The Morgan fingerprint density at radius 1 is 1.16 bits per heavy atom. The van der Waals surface area contributed by atoms with Gasteiger partial charge in [0.25, 0.3) is 0 Å². The molecule has 7 nitrogen and oxygen atoms in total. The molecule has 0 amide bonds. The largest absolute Gasteiger partial charge is 0.305 e. The zero-order chi connectivity index (χ0) is 12.8. The van der Waals surface area contributed by atoms with Crippen molar-refractivity contribution in [1.29, 1.82) is 0 Å². The Hall–Kier alpha value is -2.61. The van der Waals surface area contributed by atoms with Gasteiger partial charge < -0.3 is 0 Å².